The molecule has 1 aliphatic rings. The normalized spacial score (nSPS) is 15.8. The maximum Gasteiger partial charge on any atom is 0.435 e. The van der Waals surface area contributed by atoms with Crippen molar-refractivity contribution in [3.05, 3.63) is 58.2 Å². The molecule has 0 aromatic carbocycles. The number of pyridine rings is 1. The molecule has 7 nitrogen and oxygen atoms in total. The van der Waals surface area contributed by atoms with E-state index in [9.17, 15) is 18.0 Å². The number of halogens is 3. The van der Waals surface area contributed by atoms with Gasteiger partial charge in [-0.1, -0.05) is 0 Å². The van der Waals surface area contributed by atoms with Crippen molar-refractivity contribution in [1.82, 2.24) is 29.8 Å². The summed E-state index contributed by atoms with van der Waals surface area (Å²) in [5, 5.41) is 3.24. The molecule has 28 heavy (non-hydrogen) atoms. The van der Waals surface area contributed by atoms with Gasteiger partial charge in [0, 0.05) is 30.4 Å². The predicted octanol–water partition coefficient (Wildman–Crippen LogP) is 2.12. The lowest BCUT2D eigenvalue weighted by Gasteiger charge is -2.23. The Bertz CT molecular complexity index is 1060. The van der Waals surface area contributed by atoms with Crippen LogP contribution in [0.3, 0.4) is 0 Å². The molecule has 0 bridgehead atoms. The molecule has 146 valence electrons. The highest BCUT2D eigenvalue weighted by Gasteiger charge is 2.36. The van der Waals surface area contributed by atoms with Gasteiger partial charge >= 0.3 is 6.18 Å². The van der Waals surface area contributed by atoms with Crippen molar-refractivity contribution in [2.75, 3.05) is 13.1 Å². The summed E-state index contributed by atoms with van der Waals surface area (Å²) in [5.74, 6) is 0.0235. The third-order valence-electron chi connectivity index (χ3n) is 4.88. The molecule has 0 aliphatic carbocycles. The molecule has 3 aromatic heterocycles. The highest BCUT2D eigenvalue weighted by Crippen LogP contribution is 2.30. The van der Waals surface area contributed by atoms with Crippen LogP contribution in [0.15, 0.2) is 35.6 Å². The fraction of sp³-hybridized carbons (Fsp3) is 0.389. The van der Waals surface area contributed by atoms with Crippen molar-refractivity contribution in [2.45, 2.75) is 31.5 Å². The topological polar surface area (TPSA) is 85.6 Å². The monoisotopic (exact) mass is 390 g/mol. The van der Waals surface area contributed by atoms with E-state index >= 15 is 0 Å². The first-order valence-electron chi connectivity index (χ1n) is 8.87. The second-order valence-electron chi connectivity index (χ2n) is 6.63. The summed E-state index contributed by atoms with van der Waals surface area (Å²) in [6.45, 7) is 1.19. The Hall–Kier alpha value is -2.88. The quantitative estimate of drug-likeness (QED) is 0.737. The standard InChI is InChI=1S/C18H17F3N6O/c19-18(20,21)15-14(24-5-7-25-15)10-27-16-13(23-6-8-26-16)9-12(17(27)28)11-1-3-22-4-2-11/h5-9,11,22H,1-4,10H2. The van der Waals surface area contributed by atoms with Crippen LogP contribution in [0.2, 0.25) is 0 Å². The van der Waals surface area contributed by atoms with Crippen molar-refractivity contribution in [3.63, 3.8) is 0 Å². The molecule has 0 atom stereocenters. The van der Waals surface area contributed by atoms with Crippen LogP contribution in [0.4, 0.5) is 13.2 Å². The molecule has 1 fully saturated rings. The van der Waals surface area contributed by atoms with Gasteiger partial charge < -0.3 is 5.32 Å². The summed E-state index contributed by atoms with van der Waals surface area (Å²) in [6, 6.07) is 1.71. The lowest BCUT2D eigenvalue weighted by atomic mass is 9.91. The molecular formula is C18H17F3N6O. The lowest BCUT2D eigenvalue weighted by Crippen LogP contribution is -2.33. The molecule has 0 saturated carbocycles. The van der Waals surface area contributed by atoms with E-state index in [2.05, 4.69) is 25.3 Å². The second-order valence-corrected chi connectivity index (χ2v) is 6.63. The average Bonchev–Trinajstić information content (AvgIpc) is 2.70. The van der Waals surface area contributed by atoms with E-state index in [-0.39, 0.29) is 29.4 Å². The van der Waals surface area contributed by atoms with E-state index in [1.54, 1.807) is 6.07 Å². The molecule has 1 aliphatic heterocycles. The fourth-order valence-electron chi connectivity index (χ4n) is 3.55. The van der Waals surface area contributed by atoms with Gasteiger partial charge in [0.2, 0.25) is 0 Å². The van der Waals surface area contributed by atoms with Crippen molar-refractivity contribution in [2.24, 2.45) is 0 Å². The molecular weight excluding hydrogens is 373 g/mol. The van der Waals surface area contributed by atoms with Gasteiger partial charge in [0.1, 0.15) is 5.52 Å². The van der Waals surface area contributed by atoms with Gasteiger partial charge in [-0.05, 0) is 37.9 Å². The predicted molar refractivity (Wildman–Crippen MR) is 94.8 cm³/mol. The first-order chi connectivity index (χ1) is 13.4. The van der Waals surface area contributed by atoms with Gasteiger partial charge in [0.25, 0.3) is 5.56 Å². The highest BCUT2D eigenvalue weighted by atomic mass is 19.4. The van der Waals surface area contributed by atoms with Gasteiger partial charge in [-0.15, -0.1) is 0 Å². The van der Waals surface area contributed by atoms with E-state index < -0.39 is 11.9 Å². The van der Waals surface area contributed by atoms with Crippen molar-refractivity contribution in [3.8, 4) is 0 Å². The van der Waals surface area contributed by atoms with Crippen molar-refractivity contribution >= 4 is 11.2 Å². The summed E-state index contributed by atoms with van der Waals surface area (Å²) >= 11 is 0. The van der Waals surface area contributed by atoms with Gasteiger partial charge in [0.05, 0.1) is 12.2 Å². The van der Waals surface area contributed by atoms with Crippen LogP contribution in [0, 0.1) is 0 Å². The van der Waals surface area contributed by atoms with Gasteiger partial charge in [0.15, 0.2) is 11.3 Å². The minimum Gasteiger partial charge on any atom is -0.317 e. The van der Waals surface area contributed by atoms with Gasteiger partial charge in [-0.25, -0.2) is 9.97 Å². The summed E-state index contributed by atoms with van der Waals surface area (Å²) < 4.78 is 41.2. The van der Waals surface area contributed by atoms with Gasteiger partial charge in [-0.3, -0.25) is 19.3 Å². The van der Waals surface area contributed by atoms with Crippen LogP contribution in [-0.2, 0) is 12.7 Å². The molecule has 0 radical (unpaired) electrons. The largest absolute Gasteiger partial charge is 0.435 e. The number of aromatic nitrogens is 5. The average molecular weight is 390 g/mol. The molecule has 10 heteroatoms. The molecule has 0 unspecified atom stereocenters. The van der Waals surface area contributed by atoms with Crippen molar-refractivity contribution < 1.29 is 13.2 Å². The number of hydrogen-bond acceptors (Lipinski definition) is 6. The maximum absolute atomic E-state index is 13.3. The molecule has 3 aromatic rings. The van der Waals surface area contributed by atoms with E-state index in [4.69, 9.17) is 0 Å². The Kier molecular flexibility index (Phi) is 4.80. The summed E-state index contributed by atoms with van der Waals surface area (Å²) in [6.07, 6.45) is 1.95. The van der Waals surface area contributed by atoms with Crippen LogP contribution in [0.25, 0.3) is 11.2 Å². The summed E-state index contributed by atoms with van der Waals surface area (Å²) in [4.78, 5) is 28.9. The Morgan fingerprint density at radius 1 is 1.04 bits per heavy atom. The fourth-order valence-corrected chi connectivity index (χ4v) is 3.55. The number of alkyl halides is 3. The number of nitrogens with one attached hydrogen (secondary N) is 1. The molecule has 0 spiro atoms. The first kappa shape index (κ1) is 18.5. The third-order valence-corrected chi connectivity index (χ3v) is 4.88. The molecule has 0 amide bonds. The number of fused-ring (bicyclic) bond motifs is 1. The summed E-state index contributed by atoms with van der Waals surface area (Å²) in [7, 11) is 0. The first-order valence-corrected chi connectivity index (χ1v) is 8.87. The van der Waals surface area contributed by atoms with Crippen LogP contribution < -0.4 is 10.9 Å². The van der Waals surface area contributed by atoms with Crippen molar-refractivity contribution in [1.29, 1.82) is 0 Å². The summed E-state index contributed by atoms with van der Waals surface area (Å²) in [5.41, 5.74) is -0.555. The second kappa shape index (κ2) is 7.27. The third kappa shape index (κ3) is 3.47. The minimum atomic E-state index is -4.67. The lowest BCUT2D eigenvalue weighted by molar-refractivity contribution is -0.142. The SMILES string of the molecule is O=c1c(C2CCNCC2)cc2nccnc2n1Cc1nccnc1C(F)(F)F. The van der Waals surface area contributed by atoms with E-state index in [0.717, 1.165) is 32.1 Å². The number of piperidine rings is 1. The minimum absolute atomic E-state index is 0.0235. The Balaban J connectivity index is 1.87. The van der Waals surface area contributed by atoms with Crippen LogP contribution in [-0.4, -0.2) is 37.6 Å². The Morgan fingerprint density at radius 2 is 1.71 bits per heavy atom. The Morgan fingerprint density at radius 3 is 2.46 bits per heavy atom. The highest BCUT2D eigenvalue weighted by molar-refractivity contribution is 5.70. The number of rotatable bonds is 3. The number of nitrogens with zero attached hydrogens (tertiary/aromatic N) is 5. The van der Waals surface area contributed by atoms with Crippen LogP contribution in [0.1, 0.15) is 35.7 Å². The molecule has 4 rings (SSSR count). The Labute approximate surface area is 157 Å². The number of hydrogen-bond donors (Lipinski definition) is 1. The molecule has 1 saturated heterocycles. The van der Waals surface area contributed by atoms with Crippen LogP contribution >= 0.6 is 0 Å². The smallest absolute Gasteiger partial charge is 0.317 e. The molecule has 1 N–H and O–H groups in total. The maximum atomic E-state index is 13.3. The van der Waals surface area contributed by atoms with E-state index in [0.29, 0.717) is 11.1 Å². The van der Waals surface area contributed by atoms with Gasteiger partial charge in [-0.2, -0.15) is 13.2 Å². The van der Waals surface area contributed by atoms with E-state index in [1.165, 1.54) is 23.2 Å². The zero-order chi connectivity index (χ0) is 19.7. The molecule has 4 heterocycles. The van der Waals surface area contributed by atoms with Crippen LogP contribution in [0.5, 0.6) is 0 Å². The zero-order valence-corrected chi connectivity index (χ0v) is 14.8. The zero-order valence-electron chi connectivity index (χ0n) is 14.8. The van der Waals surface area contributed by atoms with E-state index in [1.807, 2.05) is 0 Å².